The van der Waals surface area contributed by atoms with Gasteiger partial charge in [0.25, 0.3) is 0 Å². The SMILES string of the molecule is Nc1ccc2c(c1)C(CC(=O)c1cccc(C(F)(F)F)c1)CC2. The van der Waals surface area contributed by atoms with Gasteiger partial charge in [-0.15, -0.1) is 0 Å². The largest absolute Gasteiger partial charge is 0.416 e. The minimum absolute atomic E-state index is 0.0237. The molecule has 1 atom stereocenters. The number of nitrogen functional groups attached to an aromatic ring is 1. The lowest BCUT2D eigenvalue weighted by molar-refractivity contribution is -0.137. The Kier molecular flexibility index (Phi) is 3.88. The highest BCUT2D eigenvalue weighted by Gasteiger charge is 2.31. The Hall–Kier alpha value is -2.30. The number of ketones is 1. The number of Topliss-reactive ketones (excluding diaryl/α,β-unsaturated/α-hetero) is 1. The van der Waals surface area contributed by atoms with Crippen LogP contribution in [0.3, 0.4) is 0 Å². The first-order valence-corrected chi connectivity index (χ1v) is 7.43. The number of fused-ring (bicyclic) bond motifs is 1. The van der Waals surface area contributed by atoms with Crippen molar-refractivity contribution in [2.45, 2.75) is 31.4 Å². The van der Waals surface area contributed by atoms with Gasteiger partial charge in [0.05, 0.1) is 5.56 Å². The molecule has 3 rings (SSSR count). The third-order valence-electron chi connectivity index (χ3n) is 4.32. The van der Waals surface area contributed by atoms with Crippen molar-refractivity contribution in [1.82, 2.24) is 0 Å². The van der Waals surface area contributed by atoms with Crippen molar-refractivity contribution in [3.05, 3.63) is 64.7 Å². The van der Waals surface area contributed by atoms with Gasteiger partial charge in [-0.25, -0.2) is 0 Å². The Bertz CT molecular complexity index is 752. The van der Waals surface area contributed by atoms with Crippen molar-refractivity contribution in [2.75, 3.05) is 5.73 Å². The van der Waals surface area contributed by atoms with E-state index in [4.69, 9.17) is 5.73 Å². The van der Waals surface area contributed by atoms with Crippen molar-refractivity contribution < 1.29 is 18.0 Å². The minimum Gasteiger partial charge on any atom is -0.399 e. The number of hydrogen-bond donors (Lipinski definition) is 1. The van der Waals surface area contributed by atoms with Gasteiger partial charge in [0.15, 0.2) is 5.78 Å². The Balaban J connectivity index is 1.80. The summed E-state index contributed by atoms with van der Waals surface area (Å²) in [5, 5.41) is 0. The van der Waals surface area contributed by atoms with Crippen LogP contribution in [0.5, 0.6) is 0 Å². The second kappa shape index (κ2) is 5.72. The van der Waals surface area contributed by atoms with Gasteiger partial charge in [0.1, 0.15) is 0 Å². The van der Waals surface area contributed by atoms with E-state index >= 15 is 0 Å². The molecule has 0 heterocycles. The van der Waals surface area contributed by atoms with Crippen molar-refractivity contribution in [2.24, 2.45) is 0 Å². The van der Waals surface area contributed by atoms with E-state index in [0.29, 0.717) is 5.69 Å². The number of alkyl halides is 3. The summed E-state index contributed by atoms with van der Waals surface area (Å²) in [5.74, 6) is -0.244. The molecule has 2 aromatic rings. The van der Waals surface area contributed by atoms with Crippen LogP contribution in [-0.2, 0) is 12.6 Å². The molecule has 120 valence electrons. The smallest absolute Gasteiger partial charge is 0.399 e. The average molecular weight is 319 g/mol. The average Bonchev–Trinajstić information content (AvgIpc) is 2.89. The molecule has 0 fully saturated rings. The van der Waals surface area contributed by atoms with Crippen LogP contribution in [0, 0.1) is 0 Å². The molecule has 1 unspecified atom stereocenters. The first-order valence-electron chi connectivity index (χ1n) is 7.43. The van der Waals surface area contributed by atoms with Crippen LogP contribution < -0.4 is 5.73 Å². The zero-order chi connectivity index (χ0) is 16.6. The van der Waals surface area contributed by atoms with E-state index in [9.17, 15) is 18.0 Å². The molecule has 5 heteroatoms. The fourth-order valence-electron chi connectivity index (χ4n) is 3.13. The Labute approximate surface area is 132 Å². The summed E-state index contributed by atoms with van der Waals surface area (Å²) in [6.45, 7) is 0. The number of hydrogen-bond acceptors (Lipinski definition) is 2. The molecule has 0 radical (unpaired) electrons. The minimum atomic E-state index is -4.44. The van der Waals surface area contributed by atoms with Gasteiger partial charge in [-0.1, -0.05) is 18.2 Å². The van der Waals surface area contributed by atoms with Crippen LogP contribution in [0.2, 0.25) is 0 Å². The maximum absolute atomic E-state index is 12.8. The van der Waals surface area contributed by atoms with E-state index in [0.717, 1.165) is 30.5 Å². The van der Waals surface area contributed by atoms with Gasteiger partial charge in [-0.3, -0.25) is 4.79 Å². The van der Waals surface area contributed by atoms with Crippen LogP contribution in [0.4, 0.5) is 18.9 Å². The molecule has 23 heavy (non-hydrogen) atoms. The zero-order valence-electron chi connectivity index (χ0n) is 12.4. The van der Waals surface area contributed by atoms with E-state index in [-0.39, 0.29) is 23.7 Å². The Morgan fingerprint density at radius 3 is 2.70 bits per heavy atom. The molecule has 0 aliphatic heterocycles. The monoisotopic (exact) mass is 319 g/mol. The molecule has 2 N–H and O–H groups in total. The van der Waals surface area contributed by atoms with Crippen molar-refractivity contribution in [1.29, 1.82) is 0 Å². The van der Waals surface area contributed by atoms with Crippen LogP contribution in [0.1, 0.15) is 45.8 Å². The first-order chi connectivity index (χ1) is 10.8. The fourth-order valence-corrected chi connectivity index (χ4v) is 3.13. The third kappa shape index (κ3) is 3.23. The molecule has 2 nitrogen and oxygen atoms in total. The van der Waals surface area contributed by atoms with Gasteiger partial charge >= 0.3 is 6.18 Å². The van der Waals surface area contributed by atoms with E-state index in [1.807, 2.05) is 18.2 Å². The fraction of sp³-hybridized carbons (Fsp3) is 0.278. The van der Waals surface area contributed by atoms with Crippen LogP contribution in [0.15, 0.2) is 42.5 Å². The summed E-state index contributed by atoms with van der Waals surface area (Å²) >= 11 is 0. The summed E-state index contributed by atoms with van der Waals surface area (Å²) < 4.78 is 38.3. The molecule has 1 aliphatic carbocycles. The van der Waals surface area contributed by atoms with Crippen LogP contribution >= 0.6 is 0 Å². The van der Waals surface area contributed by atoms with Gasteiger partial charge in [-0.05, 0) is 54.2 Å². The van der Waals surface area contributed by atoms with Gasteiger partial charge in [0, 0.05) is 17.7 Å². The van der Waals surface area contributed by atoms with Crippen molar-refractivity contribution in [3.63, 3.8) is 0 Å². The second-order valence-corrected chi connectivity index (χ2v) is 5.90. The molecule has 0 saturated carbocycles. The summed E-state index contributed by atoms with van der Waals surface area (Å²) in [5.41, 5.74) is 7.96. The highest BCUT2D eigenvalue weighted by molar-refractivity contribution is 5.96. The lowest BCUT2D eigenvalue weighted by atomic mass is 9.92. The second-order valence-electron chi connectivity index (χ2n) is 5.90. The number of carbonyl (C=O) groups excluding carboxylic acids is 1. The summed E-state index contributed by atoms with van der Waals surface area (Å²) in [6, 6.07) is 10.3. The normalized spacial score (nSPS) is 17.1. The molecular formula is C18H16F3NO. The van der Waals surface area contributed by atoms with Gasteiger partial charge < -0.3 is 5.73 Å². The Morgan fingerprint density at radius 2 is 1.96 bits per heavy atom. The summed E-state index contributed by atoms with van der Waals surface area (Å²) in [4.78, 5) is 12.4. The van der Waals surface area contributed by atoms with E-state index in [1.54, 1.807) is 0 Å². The number of benzene rings is 2. The van der Waals surface area contributed by atoms with Crippen LogP contribution in [0.25, 0.3) is 0 Å². The quantitative estimate of drug-likeness (QED) is 0.664. The van der Waals surface area contributed by atoms with E-state index in [2.05, 4.69) is 0 Å². The summed E-state index contributed by atoms with van der Waals surface area (Å²) in [7, 11) is 0. The number of carbonyl (C=O) groups is 1. The van der Waals surface area contributed by atoms with Crippen molar-refractivity contribution >= 4 is 11.5 Å². The molecule has 1 aliphatic rings. The molecule has 0 saturated heterocycles. The lowest BCUT2D eigenvalue weighted by Gasteiger charge is -2.12. The highest BCUT2D eigenvalue weighted by atomic mass is 19.4. The van der Waals surface area contributed by atoms with Crippen molar-refractivity contribution in [3.8, 4) is 0 Å². The Morgan fingerprint density at radius 1 is 1.17 bits per heavy atom. The molecule has 0 bridgehead atoms. The van der Waals surface area contributed by atoms with Gasteiger partial charge in [0.2, 0.25) is 0 Å². The first kappa shape index (κ1) is 15.6. The van der Waals surface area contributed by atoms with Gasteiger partial charge in [-0.2, -0.15) is 13.2 Å². The number of halogens is 3. The van der Waals surface area contributed by atoms with E-state index in [1.165, 1.54) is 17.7 Å². The maximum atomic E-state index is 12.8. The number of anilines is 1. The topological polar surface area (TPSA) is 43.1 Å². The molecule has 0 aromatic heterocycles. The number of aryl methyl sites for hydroxylation is 1. The lowest BCUT2D eigenvalue weighted by Crippen LogP contribution is -2.09. The third-order valence-corrected chi connectivity index (χ3v) is 4.32. The predicted molar refractivity (Wildman–Crippen MR) is 82.3 cm³/mol. The maximum Gasteiger partial charge on any atom is 0.416 e. The highest BCUT2D eigenvalue weighted by Crippen LogP contribution is 2.37. The molecular weight excluding hydrogens is 303 g/mol. The standard InChI is InChI=1S/C18H16F3NO/c19-18(20,21)14-3-1-2-13(8-14)17(23)9-12-5-4-11-6-7-15(22)10-16(11)12/h1-3,6-8,10,12H,4-5,9,22H2. The molecule has 0 spiro atoms. The molecule has 2 aromatic carbocycles. The zero-order valence-corrected chi connectivity index (χ0v) is 12.4. The van der Waals surface area contributed by atoms with Crippen LogP contribution in [-0.4, -0.2) is 5.78 Å². The summed E-state index contributed by atoms with van der Waals surface area (Å²) in [6.07, 6.45) is -2.54. The van der Waals surface area contributed by atoms with E-state index < -0.39 is 11.7 Å². The predicted octanol–water partition coefficient (Wildman–Crippen LogP) is 4.59. The molecule has 0 amide bonds. The number of rotatable bonds is 3. The number of nitrogens with two attached hydrogens (primary N) is 1.